The van der Waals surface area contributed by atoms with Gasteiger partial charge >= 0.3 is 0 Å². The number of hydrogen-bond donors (Lipinski definition) is 0. The summed E-state index contributed by atoms with van der Waals surface area (Å²) in [6.45, 7) is 5.76. The molecule has 1 aliphatic heterocycles. The van der Waals surface area contributed by atoms with Crippen LogP contribution in [0.3, 0.4) is 0 Å². The van der Waals surface area contributed by atoms with Crippen LogP contribution in [0.1, 0.15) is 33.6 Å². The molecule has 1 fully saturated rings. The standard InChI is InChI=1S/C7H12O3.C2H6/c1-5-6(8)3-4-7(9-2)10-5;1-2/h5,7H,3-4H2,1-2H3;1-2H3. The summed E-state index contributed by atoms with van der Waals surface area (Å²) >= 11 is 0. The molecule has 0 aromatic carbocycles. The van der Waals surface area contributed by atoms with Gasteiger partial charge < -0.3 is 9.47 Å². The van der Waals surface area contributed by atoms with Crippen LogP contribution in [0.25, 0.3) is 0 Å². The number of carbonyl (C=O) groups excluding carboxylic acids is 1. The summed E-state index contributed by atoms with van der Waals surface area (Å²) in [7, 11) is 1.59. The van der Waals surface area contributed by atoms with E-state index in [1.165, 1.54) is 0 Å². The zero-order valence-corrected chi connectivity index (χ0v) is 8.29. The lowest BCUT2D eigenvalue weighted by molar-refractivity contribution is -0.182. The van der Waals surface area contributed by atoms with Crippen molar-refractivity contribution in [1.29, 1.82) is 0 Å². The number of methoxy groups -OCH3 is 1. The molecule has 1 saturated heterocycles. The molecule has 72 valence electrons. The van der Waals surface area contributed by atoms with Gasteiger partial charge in [0.1, 0.15) is 6.10 Å². The van der Waals surface area contributed by atoms with Crippen LogP contribution in [0, 0.1) is 0 Å². The molecule has 0 radical (unpaired) electrons. The minimum Gasteiger partial charge on any atom is -0.356 e. The summed E-state index contributed by atoms with van der Waals surface area (Å²) in [6, 6.07) is 0. The van der Waals surface area contributed by atoms with Crippen molar-refractivity contribution >= 4 is 5.78 Å². The van der Waals surface area contributed by atoms with E-state index in [1.54, 1.807) is 14.0 Å². The number of ketones is 1. The number of rotatable bonds is 1. The summed E-state index contributed by atoms with van der Waals surface area (Å²) in [6.07, 6.45) is 0.825. The Hall–Kier alpha value is -0.410. The van der Waals surface area contributed by atoms with E-state index in [2.05, 4.69) is 0 Å². The maximum atomic E-state index is 10.9. The van der Waals surface area contributed by atoms with Gasteiger partial charge in [-0.15, -0.1) is 0 Å². The Morgan fingerprint density at radius 3 is 2.50 bits per heavy atom. The molecule has 0 N–H and O–H groups in total. The van der Waals surface area contributed by atoms with E-state index >= 15 is 0 Å². The third-order valence-corrected chi connectivity index (χ3v) is 1.70. The average molecular weight is 174 g/mol. The van der Waals surface area contributed by atoms with Crippen molar-refractivity contribution < 1.29 is 14.3 Å². The Morgan fingerprint density at radius 2 is 2.08 bits per heavy atom. The fourth-order valence-electron chi connectivity index (χ4n) is 1.01. The van der Waals surface area contributed by atoms with Crippen molar-refractivity contribution in [2.45, 2.75) is 46.0 Å². The number of Topliss-reactive ketones (excluding diaryl/α,β-unsaturated/α-hetero) is 1. The lowest BCUT2D eigenvalue weighted by Crippen LogP contribution is -2.34. The summed E-state index contributed by atoms with van der Waals surface area (Å²) < 4.78 is 10.1. The minimum absolute atomic E-state index is 0.173. The molecule has 2 atom stereocenters. The summed E-state index contributed by atoms with van der Waals surface area (Å²) in [5.74, 6) is 0.174. The highest BCUT2D eigenvalue weighted by Gasteiger charge is 2.25. The molecular formula is C9H18O3. The molecule has 2 unspecified atom stereocenters. The first-order valence-corrected chi connectivity index (χ1v) is 4.45. The van der Waals surface area contributed by atoms with Crippen LogP contribution in [-0.4, -0.2) is 25.3 Å². The van der Waals surface area contributed by atoms with E-state index in [1.807, 2.05) is 13.8 Å². The maximum absolute atomic E-state index is 10.9. The van der Waals surface area contributed by atoms with Crippen molar-refractivity contribution in [2.75, 3.05) is 7.11 Å². The van der Waals surface area contributed by atoms with Gasteiger partial charge in [0.05, 0.1) is 0 Å². The molecule has 0 saturated carbocycles. The SMILES string of the molecule is CC.COC1CCC(=O)C(C)O1. The first kappa shape index (κ1) is 11.6. The van der Waals surface area contributed by atoms with Crippen LogP contribution in [0.15, 0.2) is 0 Å². The molecular weight excluding hydrogens is 156 g/mol. The van der Waals surface area contributed by atoms with E-state index in [4.69, 9.17) is 9.47 Å². The zero-order chi connectivity index (χ0) is 9.56. The molecule has 1 heterocycles. The van der Waals surface area contributed by atoms with Crippen molar-refractivity contribution in [3.05, 3.63) is 0 Å². The van der Waals surface area contributed by atoms with Gasteiger partial charge in [0.15, 0.2) is 12.1 Å². The molecule has 3 nitrogen and oxygen atoms in total. The number of ether oxygens (including phenoxy) is 2. The lowest BCUT2D eigenvalue weighted by Gasteiger charge is -2.25. The van der Waals surface area contributed by atoms with E-state index in [0.29, 0.717) is 12.8 Å². The van der Waals surface area contributed by atoms with E-state index in [9.17, 15) is 4.79 Å². The Kier molecular flexibility index (Phi) is 5.93. The Balaban J connectivity index is 0.000000561. The van der Waals surface area contributed by atoms with E-state index in [-0.39, 0.29) is 18.2 Å². The van der Waals surface area contributed by atoms with Crippen LogP contribution in [-0.2, 0) is 14.3 Å². The van der Waals surface area contributed by atoms with Gasteiger partial charge in [0.25, 0.3) is 0 Å². The summed E-state index contributed by atoms with van der Waals surface area (Å²) in [5.41, 5.74) is 0. The summed E-state index contributed by atoms with van der Waals surface area (Å²) in [5, 5.41) is 0. The predicted molar refractivity (Wildman–Crippen MR) is 46.9 cm³/mol. The normalized spacial score (nSPS) is 29.2. The Morgan fingerprint density at radius 1 is 1.50 bits per heavy atom. The molecule has 0 aromatic heterocycles. The second-order valence-electron chi connectivity index (χ2n) is 2.45. The van der Waals surface area contributed by atoms with Gasteiger partial charge in [-0.3, -0.25) is 4.79 Å². The summed E-state index contributed by atoms with van der Waals surface area (Å²) in [4.78, 5) is 10.9. The van der Waals surface area contributed by atoms with Gasteiger partial charge in [-0.05, 0) is 6.92 Å². The molecule has 0 spiro atoms. The van der Waals surface area contributed by atoms with Crippen LogP contribution in [0.4, 0.5) is 0 Å². The highest BCUT2D eigenvalue weighted by atomic mass is 16.7. The molecule has 0 bridgehead atoms. The van der Waals surface area contributed by atoms with Crippen LogP contribution in [0.5, 0.6) is 0 Å². The topological polar surface area (TPSA) is 35.5 Å². The van der Waals surface area contributed by atoms with Gasteiger partial charge in [0.2, 0.25) is 0 Å². The Bertz CT molecular complexity index is 134. The molecule has 1 aliphatic rings. The molecule has 0 aromatic rings. The quantitative estimate of drug-likeness (QED) is 0.607. The smallest absolute Gasteiger partial charge is 0.161 e. The second-order valence-corrected chi connectivity index (χ2v) is 2.45. The van der Waals surface area contributed by atoms with Gasteiger partial charge in [-0.2, -0.15) is 0 Å². The third-order valence-electron chi connectivity index (χ3n) is 1.70. The maximum Gasteiger partial charge on any atom is 0.161 e. The van der Waals surface area contributed by atoms with Gasteiger partial charge in [-0.25, -0.2) is 0 Å². The molecule has 0 amide bonds. The minimum atomic E-state index is -0.279. The van der Waals surface area contributed by atoms with Crippen LogP contribution >= 0.6 is 0 Å². The van der Waals surface area contributed by atoms with E-state index < -0.39 is 0 Å². The first-order chi connectivity index (χ1) is 5.74. The monoisotopic (exact) mass is 174 g/mol. The van der Waals surface area contributed by atoms with Crippen molar-refractivity contribution in [2.24, 2.45) is 0 Å². The van der Waals surface area contributed by atoms with Crippen LogP contribution < -0.4 is 0 Å². The highest BCUT2D eigenvalue weighted by Crippen LogP contribution is 2.15. The number of carbonyl (C=O) groups is 1. The van der Waals surface area contributed by atoms with Crippen LogP contribution in [0.2, 0.25) is 0 Å². The molecule has 0 aliphatic carbocycles. The van der Waals surface area contributed by atoms with Crippen molar-refractivity contribution in [1.82, 2.24) is 0 Å². The largest absolute Gasteiger partial charge is 0.356 e. The fourth-order valence-corrected chi connectivity index (χ4v) is 1.01. The van der Waals surface area contributed by atoms with Gasteiger partial charge in [-0.1, -0.05) is 13.8 Å². The second kappa shape index (κ2) is 6.14. The van der Waals surface area contributed by atoms with Gasteiger partial charge in [0, 0.05) is 20.0 Å². The molecule has 12 heavy (non-hydrogen) atoms. The lowest BCUT2D eigenvalue weighted by atomic mass is 10.1. The zero-order valence-electron chi connectivity index (χ0n) is 8.29. The van der Waals surface area contributed by atoms with E-state index in [0.717, 1.165) is 0 Å². The first-order valence-electron chi connectivity index (χ1n) is 4.45. The Labute approximate surface area is 74.0 Å². The average Bonchev–Trinajstić information content (AvgIpc) is 2.13. The highest BCUT2D eigenvalue weighted by molar-refractivity contribution is 5.83. The number of hydrogen-bond acceptors (Lipinski definition) is 3. The van der Waals surface area contributed by atoms with Crippen molar-refractivity contribution in [3.8, 4) is 0 Å². The molecule has 1 rings (SSSR count). The predicted octanol–water partition coefficient (Wildman–Crippen LogP) is 1.75. The fraction of sp³-hybridized carbons (Fsp3) is 0.889. The third kappa shape index (κ3) is 3.32. The van der Waals surface area contributed by atoms with Crippen molar-refractivity contribution in [3.63, 3.8) is 0 Å². The molecule has 3 heteroatoms.